The Morgan fingerprint density at radius 3 is 2.17 bits per heavy atom. The van der Waals surface area contributed by atoms with Crippen molar-refractivity contribution in [1.82, 2.24) is 0 Å². The predicted molar refractivity (Wildman–Crippen MR) is 70.7 cm³/mol. The summed E-state index contributed by atoms with van der Waals surface area (Å²) in [5.74, 6) is -0.366. The summed E-state index contributed by atoms with van der Waals surface area (Å²) in [4.78, 5) is 22.6. The highest BCUT2D eigenvalue weighted by molar-refractivity contribution is 9.10. The molecule has 0 N–H and O–H groups in total. The molecular formula is C13H8BrNO3. The van der Waals surface area contributed by atoms with Gasteiger partial charge in [0, 0.05) is 16.1 Å². The highest BCUT2D eigenvalue weighted by Crippen LogP contribution is 2.25. The van der Waals surface area contributed by atoms with E-state index in [1.807, 2.05) is 0 Å². The van der Waals surface area contributed by atoms with E-state index in [0.29, 0.717) is 10.0 Å². The van der Waals surface area contributed by atoms with E-state index in [-0.39, 0.29) is 17.0 Å². The average molecular weight is 306 g/mol. The van der Waals surface area contributed by atoms with Gasteiger partial charge in [-0.1, -0.05) is 40.2 Å². The van der Waals surface area contributed by atoms with Gasteiger partial charge in [-0.3, -0.25) is 14.9 Å². The lowest BCUT2D eigenvalue weighted by atomic mass is 10.0. The molecule has 0 saturated heterocycles. The quantitative estimate of drug-likeness (QED) is 0.494. The lowest BCUT2D eigenvalue weighted by Crippen LogP contribution is -2.05. The second-order valence-corrected chi connectivity index (χ2v) is 4.44. The maximum atomic E-state index is 12.3. The molecule has 4 nitrogen and oxygen atoms in total. The number of para-hydroxylation sites is 1. The molecule has 0 aliphatic rings. The van der Waals surface area contributed by atoms with E-state index >= 15 is 0 Å². The van der Waals surface area contributed by atoms with Gasteiger partial charge in [0.2, 0.25) is 5.78 Å². The highest BCUT2D eigenvalue weighted by atomic mass is 79.9. The summed E-state index contributed by atoms with van der Waals surface area (Å²) in [6.45, 7) is 0. The predicted octanol–water partition coefficient (Wildman–Crippen LogP) is 3.59. The molecule has 0 atom stereocenters. The van der Waals surface area contributed by atoms with Gasteiger partial charge in [0.15, 0.2) is 0 Å². The van der Waals surface area contributed by atoms with E-state index < -0.39 is 4.92 Å². The van der Waals surface area contributed by atoms with Crippen molar-refractivity contribution in [1.29, 1.82) is 0 Å². The van der Waals surface area contributed by atoms with E-state index in [1.54, 1.807) is 30.3 Å². The molecule has 2 rings (SSSR count). The van der Waals surface area contributed by atoms with Crippen LogP contribution < -0.4 is 0 Å². The second-order valence-electron chi connectivity index (χ2n) is 3.58. The number of carbonyl (C=O) groups excluding carboxylic acids is 1. The Kier molecular flexibility index (Phi) is 3.53. The number of hydrogen-bond donors (Lipinski definition) is 0. The molecule has 0 aliphatic carbocycles. The van der Waals surface area contributed by atoms with Gasteiger partial charge >= 0.3 is 0 Å². The number of hydrogen-bond acceptors (Lipinski definition) is 3. The van der Waals surface area contributed by atoms with Crippen molar-refractivity contribution in [3.63, 3.8) is 0 Å². The topological polar surface area (TPSA) is 60.2 Å². The van der Waals surface area contributed by atoms with Crippen molar-refractivity contribution in [2.24, 2.45) is 0 Å². The molecule has 0 bridgehead atoms. The summed E-state index contributed by atoms with van der Waals surface area (Å²) >= 11 is 3.27. The summed E-state index contributed by atoms with van der Waals surface area (Å²) in [5.41, 5.74) is 0.319. The number of halogens is 1. The summed E-state index contributed by atoms with van der Waals surface area (Å²) in [6.07, 6.45) is 0. The highest BCUT2D eigenvalue weighted by Gasteiger charge is 2.21. The molecule has 0 amide bonds. The fourth-order valence-electron chi connectivity index (χ4n) is 1.62. The van der Waals surface area contributed by atoms with E-state index in [1.165, 1.54) is 18.2 Å². The van der Waals surface area contributed by atoms with Crippen LogP contribution in [-0.4, -0.2) is 10.7 Å². The normalized spacial score (nSPS) is 10.1. The molecule has 5 heteroatoms. The molecule has 0 aromatic heterocycles. The van der Waals surface area contributed by atoms with Gasteiger partial charge in [-0.15, -0.1) is 0 Å². The van der Waals surface area contributed by atoms with Gasteiger partial charge in [-0.2, -0.15) is 0 Å². The fraction of sp³-hybridized carbons (Fsp3) is 0. The molecule has 0 fully saturated rings. The van der Waals surface area contributed by atoms with Gasteiger partial charge in [0.25, 0.3) is 5.69 Å². The Morgan fingerprint density at radius 1 is 1.00 bits per heavy atom. The Hall–Kier alpha value is -2.01. The number of nitro groups is 1. The van der Waals surface area contributed by atoms with E-state index in [2.05, 4.69) is 15.9 Å². The zero-order valence-electron chi connectivity index (χ0n) is 9.17. The molecule has 0 spiro atoms. The van der Waals surface area contributed by atoms with Crippen LogP contribution in [-0.2, 0) is 0 Å². The number of ketones is 1. The van der Waals surface area contributed by atoms with Gasteiger partial charge in [-0.05, 0) is 18.2 Å². The van der Waals surface area contributed by atoms with E-state index in [0.717, 1.165) is 0 Å². The van der Waals surface area contributed by atoms with Gasteiger partial charge in [0.1, 0.15) is 5.56 Å². The molecule has 0 saturated carbocycles. The third-order valence-electron chi connectivity index (χ3n) is 2.46. The van der Waals surface area contributed by atoms with Crippen LogP contribution in [0.2, 0.25) is 0 Å². The van der Waals surface area contributed by atoms with E-state index in [4.69, 9.17) is 0 Å². The van der Waals surface area contributed by atoms with Crippen LogP contribution >= 0.6 is 15.9 Å². The SMILES string of the molecule is O=C(c1ccccc1Br)c1ccccc1[N+](=O)[O-]. The number of nitrogens with zero attached hydrogens (tertiary/aromatic N) is 1. The molecule has 0 unspecified atom stereocenters. The summed E-state index contributed by atoms with van der Waals surface area (Å²) in [6, 6.07) is 12.8. The third kappa shape index (κ3) is 2.31. The molecular weight excluding hydrogens is 298 g/mol. The fourth-order valence-corrected chi connectivity index (χ4v) is 2.08. The monoisotopic (exact) mass is 305 g/mol. The first-order valence-electron chi connectivity index (χ1n) is 5.14. The molecule has 90 valence electrons. The number of rotatable bonds is 3. The third-order valence-corrected chi connectivity index (χ3v) is 3.16. The molecule has 0 aliphatic heterocycles. The minimum atomic E-state index is -0.552. The Labute approximate surface area is 112 Å². The smallest absolute Gasteiger partial charge is 0.280 e. The zero-order chi connectivity index (χ0) is 13.1. The maximum absolute atomic E-state index is 12.3. The Balaban J connectivity index is 2.54. The van der Waals surface area contributed by atoms with Crippen LogP contribution in [0.25, 0.3) is 0 Å². The van der Waals surface area contributed by atoms with Crippen LogP contribution in [0.3, 0.4) is 0 Å². The van der Waals surface area contributed by atoms with Crippen LogP contribution in [0.4, 0.5) is 5.69 Å². The first kappa shape index (κ1) is 12.4. The molecule has 2 aromatic rings. The molecule has 0 radical (unpaired) electrons. The minimum Gasteiger partial charge on any atom is -0.288 e. The first-order valence-corrected chi connectivity index (χ1v) is 5.93. The van der Waals surface area contributed by atoms with Crippen molar-refractivity contribution in [2.45, 2.75) is 0 Å². The lowest BCUT2D eigenvalue weighted by molar-refractivity contribution is -0.385. The van der Waals surface area contributed by atoms with Crippen molar-refractivity contribution < 1.29 is 9.72 Å². The van der Waals surface area contributed by atoms with Crippen LogP contribution in [0.5, 0.6) is 0 Å². The van der Waals surface area contributed by atoms with Crippen molar-refractivity contribution in [3.05, 3.63) is 74.2 Å². The van der Waals surface area contributed by atoms with Crippen molar-refractivity contribution in [2.75, 3.05) is 0 Å². The molecule has 2 aromatic carbocycles. The number of carbonyl (C=O) groups is 1. The zero-order valence-corrected chi connectivity index (χ0v) is 10.8. The summed E-state index contributed by atoms with van der Waals surface area (Å²) in [7, 11) is 0. The second kappa shape index (κ2) is 5.10. The Bertz CT molecular complexity index is 625. The molecule has 0 heterocycles. The van der Waals surface area contributed by atoms with Gasteiger partial charge in [0.05, 0.1) is 4.92 Å². The number of benzene rings is 2. The summed E-state index contributed by atoms with van der Waals surface area (Å²) < 4.78 is 0.619. The average Bonchev–Trinajstić information content (AvgIpc) is 2.38. The van der Waals surface area contributed by atoms with E-state index in [9.17, 15) is 14.9 Å². The maximum Gasteiger partial charge on any atom is 0.280 e. The van der Waals surface area contributed by atoms with Gasteiger partial charge < -0.3 is 0 Å². The van der Waals surface area contributed by atoms with Crippen LogP contribution in [0, 0.1) is 10.1 Å². The van der Waals surface area contributed by atoms with Crippen LogP contribution in [0.15, 0.2) is 53.0 Å². The van der Waals surface area contributed by atoms with Gasteiger partial charge in [-0.25, -0.2) is 0 Å². The minimum absolute atomic E-state index is 0.0920. The first-order chi connectivity index (χ1) is 8.61. The Morgan fingerprint density at radius 2 is 1.56 bits per heavy atom. The van der Waals surface area contributed by atoms with Crippen molar-refractivity contribution >= 4 is 27.4 Å². The lowest BCUT2D eigenvalue weighted by Gasteiger charge is -2.04. The largest absolute Gasteiger partial charge is 0.288 e. The molecule has 18 heavy (non-hydrogen) atoms. The van der Waals surface area contributed by atoms with Crippen LogP contribution in [0.1, 0.15) is 15.9 Å². The van der Waals surface area contributed by atoms with Crippen molar-refractivity contribution in [3.8, 4) is 0 Å². The summed E-state index contributed by atoms with van der Waals surface area (Å²) in [5, 5.41) is 10.9. The standard InChI is InChI=1S/C13H8BrNO3/c14-11-7-3-1-5-9(11)13(16)10-6-2-4-8-12(10)15(17)18/h1-8H. The number of nitro benzene ring substituents is 1.